The van der Waals surface area contributed by atoms with E-state index in [2.05, 4.69) is 10.0 Å². The van der Waals surface area contributed by atoms with Gasteiger partial charge in [-0.3, -0.25) is 9.59 Å². The molecule has 1 amide bonds. The monoisotopic (exact) mass is 396 g/mol. The van der Waals surface area contributed by atoms with Crippen molar-refractivity contribution in [1.82, 2.24) is 10.0 Å². The first-order valence-corrected chi connectivity index (χ1v) is 10.7. The zero-order valence-corrected chi connectivity index (χ0v) is 16.8. The van der Waals surface area contributed by atoms with Crippen LogP contribution in [0.5, 0.6) is 0 Å². The van der Waals surface area contributed by atoms with Gasteiger partial charge in [0.1, 0.15) is 6.04 Å². The van der Waals surface area contributed by atoms with Crippen molar-refractivity contribution in [2.45, 2.75) is 63.4 Å². The second kappa shape index (κ2) is 8.84. The molecule has 1 fully saturated rings. The topological polar surface area (TPSA) is 113 Å². The average Bonchev–Trinajstić information content (AvgIpc) is 3.02. The molecule has 3 atom stereocenters. The van der Waals surface area contributed by atoms with E-state index in [-0.39, 0.29) is 16.9 Å². The van der Waals surface area contributed by atoms with Crippen molar-refractivity contribution in [2.75, 3.05) is 0 Å². The van der Waals surface area contributed by atoms with E-state index in [0.29, 0.717) is 25.7 Å². The maximum atomic E-state index is 12.7. The minimum absolute atomic E-state index is 0.108. The number of aryl methyl sites for hydroxylation is 1. The Morgan fingerprint density at radius 2 is 1.81 bits per heavy atom. The highest BCUT2D eigenvalue weighted by molar-refractivity contribution is 7.89. The molecule has 1 aliphatic carbocycles. The summed E-state index contributed by atoms with van der Waals surface area (Å²) in [6, 6.07) is 5.29. The van der Waals surface area contributed by atoms with Crippen molar-refractivity contribution in [2.24, 2.45) is 11.8 Å². The minimum Gasteiger partial charge on any atom is -0.481 e. The van der Waals surface area contributed by atoms with Gasteiger partial charge in [-0.15, -0.1) is 0 Å². The fourth-order valence-electron chi connectivity index (χ4n) is 3.29. The Balaban J connectivity index is 2.09. The lowest BCUT2D eigenvalue weighted by Crippen LogP contribution is -2.49. The molecule has 1 aromatic rings. The first-order valence-electron chi connectivity index (χ1n) is 9.20. The molecule has 8 heteroatoms. The number of carbonyl (C=O) groups is 2. The summed E-state index contributed by atoms with van der Waals surface area (Å²) < 4.78 is 27.8. The number of nitrogens with one attached hydrogen (secondary N) is 2. The molecule has 0 aromatic heterocycles. The molecule has 150 valence electrons. The maximum absolute atomic E-state index is 12.7. The lowest BCUT2D eigenvalue weighted by molar-refractivity contribution is -0.141. The van der Waals surface area contributed by atoms with E-state index in [9.17, 15) is 18.0 Å². The number of benzene rings is 1. The highest BCUT2D eigenvalue weighted by Gasteiger charge is 2.33. The standard InChI is InChI=1S/C19H28N2O5S/c1-12(2)10-17(18(22)20-15-7-6-14(11-15)19(23)24)21-27(25,26)16-8-4-13(3)5-9-16/h4-5,8-9,12,14-15,17,21H,6-7,10-11H2,1-3H3,(H,20,22)(H,23,24)/t14-,15+,17?/m1/s1. The molecule has 0 heterocycles. The number of hydrogen-bond donors (Lipinski definition) is 3. The van der Waals surface area contributed by atoms with Gasteiger partial charge in [0.05, 0.1) is 10.8 Å². The second-order valence-electron chi connectivity index (χ2n) is 7.67. The zero-order chi connectivity index (χ0) is 20.2. The first-order chi connectivity index (χ1) is 12.6. The average molecular weight is 397 g/mol. The van der Waals surface area contributed by atoms with Crippen molar-refractivity contribution < 1.29 is 23.1 Å². The summed E-state index contributed by atoms with van der Waals surface area (Å²) in [5.41, 5.74) is 0.944. The number of carbonyl (C=O) groups excluding carboxylic acids is 1. The van der Waals surface area contributed by atoms with E-state index >= 15 is 0 Å². The van der Waals surface area contributed by atoms with Crippen molar-refractivity contribution in [1.29, 1.82) is 0 Å². The number of hydrogen-bond acceptors (Lipinski definition) is 4. The maximum Gasteiger partial charge on any atom is 0.306 e. The van der Waals surface area contributed by atoms with Gasteiger partial charge in [0.25, 0.3) is 0 Å². The molecule has 0 radical (unpaired) electrons. The van der Waals surface area contributed by atoms with Crippen LogP contribution in [0.4, 0.5) is 0 Å². The molecule has 7 nitrogen and oxygen atoms in total. The fourth-order valence-corrected chi connectivity index (χ4v) is 4.50. The lowest BCUT2D eigenvalue weighted by Gasteiger charge is -2.22. The van der Waals surface area contributed by atoms with Gasteiger partial charge in [-0.25, -0.2) is 8.42 Å². The highest BCUT2D eigenvalue weighted by atomic mass is 32.2. The third-order valence-corrected chi connectivity index (χ3v) is 6.27. The zero-order valence-electron chi connectivity index (χ0n) is 15.9. The van der Waals surface area contributed by atoms with Crippen molar-refractivity contribution in [3.63, 3.8) is 0 Å². The molecule has 1 aliphatic rings. The van der Waals surface area contributed by atoms with Crippen LogP contribution in [0.3, 0.4) is 0 Å². The largest absolute Gasteiger partial charge is 0.481 e. The molecular formula is C19H28N2O5S. The van der Waals surface area contributed by atoms with E-state index in [4.69, 9.17) is 5.11 Å². The molecule has 0 bridgehead atoms. The van der Waals surface area contributed by atoms with Crippen LogP contribution in [-0.2, 0) is 19.6 Å². The summed E-state index contributed by atoms with van der Waals surface area (Å²) in [7, 11) is -3.83. The molecular weight excluding hydrogens is 368 g/mol. The Morgan fingerprint density at radius 3 is 2.33 bits per heavy atom. The van der Waals surface area contributed by atoms with Gasteiger partial charge in [-0.1, -0.05) is 31.5 Å². The molecule has 1 saturated carbocycles. The van der Waals surface area contributed by atoms with Crippen LogP contribution in [-0.4, -0.2) is 37.5 Å². The van der Waals surface area contributed by atoms with Gasteiger partial charge in [-0.2, -0.15) is 4.72 Å². The van der Waals surface area contributed by atoms with Crippen LogP contribution in [0.25, 0.3) is 0 Å². The Morgan fingerprint density at radius 1 is 1.19 bits per heavy atom. The Bertz CT molecular complexity index is 774. The van der Waals surface area contributed by atoms with E-state index < -0.39 is 33.9 Å². The third kappa shape index (κ3) is 6.04. The Hall–Kier alpha value is -1.93. The van der Waals surface area contributed by atoms with E-state index in [1.165, 1.54) is 12.1 Å². The quantitative estimate of drug-likeness (QED) is 0.623. The number of rotatable bonds is 8. The first kappa shape index (κ1) is 21.4. The van der Waals surface area contributed by atoms with Crippen LogP contribution >= 0.6 is 0 Å². The van der Waals surface area contributed by atoms with Gasteiger partial charge in [0.15, 0.2) is 0 Å². The molecule has 1 unspecified atom stereocenters. The number of amides is 1. The number of aliphatic carboxylic acids is 1. The van der Waals surface area contributed by atoms with Crippen molar-refractivity contribution in [3.05, 3.63) is 29.8 Å². The number of carboxylic acid groups (broad SMARTS) is 1. The van der Waals surface area contributed by atoms with Crippen LogP contribution < -0.4 is 10.0 Å². The molecule has 3 N–H and O–H groups in total. The summed E-state index contributed by atoms with van der Waals surface area (Å²) in [4.78, 5) is 23.9. The smallest absolute Gasteiger partial charge is 0.306 e. The molecule has 27 heavy (non-hydrogen) atoms. The SMILES string of the molecule is Cc1ccc(S(=O)(=O)NC(CC(C)C)C(=O)N[C@H]2CC[C@@H](C(=O)O)C2)cc1. The summed E-state index contributed by atoms with van der Waals surface area (Å²) in [6.45, 7) is 5.69. The van der Waals surface area contributed by atoms with E-state index in [1.54, 1.807) is 12.1 Å². The van der Waals surface area contributed by atoms with E-state index in [1.807, 2.05) is 20.8 Å². The Kier molecular flexibility index (Phi) is 7.00. The van der Waals surface area contributed by atoms with Crippen LogP contribution in [0, 0.1) is 18.8 Å². The molecule has 1 aromatic carbocycles. The molecule has 0 saturated heterocycles. The molecule has 0 spiro atoms. The van der Waals surface area contributed by atoms with E-state index in [0.717, 1.165) is 5.56 Å². The van der Waals surface area contributed by atoms with Gasteiger partial charge in [-0.05, 0) is 50.7 Å². The Labute approximate surface area is 160 Å². The summed E-state index contributed by atoms with van der Waals surface area (Å²) in [5, 5.41) is 11.9. The molecule has 0 aliphatic heterocycles. The predicted octanol–water partition coefficient (Wildman–Crippen LogP) is 2.06. The predicted molar refractivity (Wildman–Crippen MR) is 102 cm³/mol. The fraction of sp³-hybridized carbons (Fsp3) is 0.579. The van der Waals surface area contributed by atoms with Gasteiger partial charge < -0.3 is 10.4 Å². The number of sulfonamides is 1. The highest BCUT2D eigenvalue weighted by Crippen LogP contribution is 2.26. The van der Waals surface area contributed by atoms with Crippen LogP contribution in [0.2, 0.25) is 0 Å². The van der Waals surface area contributed by atoms with Gasteiger partial charge >= 0.3 is 5.97 Å². The summed E-state index contributed by atoms with van der Waals surface area (Å²) >= 11 is 0. The second-order valence-corrected chi connectivity index (χ2v) is 9.38. The molecule has 2 rings (SSSR count). The van der Waals surface area contributed by atoms with Crippen molar-refractivity contribution in [3.8, 4) is 0 Å². The van der Waals surface area contributed by atoms with Crippen molar-refractivity contribution >= 4 is 21.9 Å². The summed E-state index contributed by atoms with van der Waals surface area (Å²) in [5.74, 6) is -1.61. The van der Waals surface area contributed by atoms with Crippen LogP contribution in [0.1, 0.15) is 45.1 Å². The third-order valence-electron chi connectivity index (χ3n) is 4.78. The summed E-state index contributed by atoms with van der Waals surface area (Å²) in [6.07, 6.45) is 1.83. The normalized spacial score (nSPS) is 21.2. The van der Waals surface area contributed by atoms with Gasteiger partial charge in [0.2, 0.25) is 15.9 Å². The van der Waals surface area contributed by atoms with Gasteiger partial charge in [0, 0.05) is 6.04 Å². The van der Waals surface area contributed by atoms with Crippen LogP contribution in [0.15, 0.2) is 29.2 Å². The number of carboxylic acids is 1. The lowest BCUT2D eigenvalue weighted by atomic mass is 10.0. The minimum atomic E-state index is -3.83.